The zero-order valence-corrected chi connectivity index (χ0v) is 15.8. The van der Waals surface area contributed by atoms with Crippen molar-refractivity contribution >= 4 is 23.2 Å². The summed E-state index contributed by atoms with van der Waals surface area (Å²) < 4.78 is 7.16. The highest BCUT2D eigenvalue weighted by Crippen LogP contribution is 2.22. The van der Waals surface area contributed by atoms with Crippen LogP contribution in [0.15, 0.2) is 47.1 Å². The number of nitrogens with one attached hydrogen (secondary N) is 1. The molecule has 0 aliphatic heterocycles. The smallest absolute Gasteiger partial charge is 0.261 e. The first kappa shape index (κ1) is 18.1. The van der Waals surface area contributed by atoms with E-state index >= 15 is 0 Å². The van der Waals surface area contributed by atoms with Crippen molar-refractivity contribution < 1.29 is 9.32 Å². The average Bonchev–Trinajstić information content (AvgIpc) is 3.34. The Labute approximate surface area is 165 Å². The summed E-state index contributed by atoms with van der Waals surface area (Å²) in [7, 11) is 0. The Morgan fingerprint density at radius 3 is 2.82 bits per heavy atom. The summed E-state index contributed by atoms with van der Waals surface area (Å²) in [5.41, 5.74) is 1.80. The highest BCUT2D eigenvalue weighted by atomic mass is 35.5. The molecule has 0 bridgehead atoms. The maximum Gasteiger partial charge on any atom is 0.261 e. The maximum atomic E-state index is 12.3. The van der Waals surface area contributed by atoms with Crippen molar-refractivity contribution in [3.63, 3.8) is 0 Å². The lowest BCUT2D eigenvalue weighted by atomic mass is 10.2. The van der Waals surface area contributed by atoms with Crippen molar-refractivity contribution in [3.8, 4) is 11.5 Å². The van der Waals surface area contributed by atoms with E-state index < -0.39 is 0 Å². The number of carbonyl (C=O) groups excluding carboxylic acids is 1. The van der Waals surface area contributed by atoms with E-state index in [1.807, 2.05) is 18.3 Å². The van der Waals surface area contributed by atoms with Gasteiger partial charge in [-0.25, -0.2) is 0 Å². The van der Waals surface area contributed by atoms with E-state index in [4.69, 9.17) is 16.1 Å². The summed E-state index contributed by atoms with van der Waals surface area (Å²) in [5.74, 6) is 1.44. The van der Waals surface area contributed by atoms with Gasteiger partial charge in [-0.1, -0.05) is 23.7 Å². The Bertz CT molecular complexity index is 1120. The van der Waals surface area contributed by atoms with Crippen molar-refractivity contribution in [2.45, 2.75) is 26.3 Å². The van der Waals surface area contributed by atoms with Gasteiger partial charge < -0.3 is 9.84 Å². The fraction of sp³-hybridized carbons (Fsp3) is 0.211. The van der Waals surface area contributed by atoms with Gasteiger partial charge in [0.25, 0.3) is 11.8 Å². The molecule has 9 heteroatoms. The molecular weight excluding hydrogens is 380 g/mol. The van der Waals surface area contributed by atoms with Crippen molar-refractivity contribution in [1.82, 2.24) is 30.1 Å². The minimum atomic E-state index is -0.217. The summed E-state index contributed by atoms with van der Waals surface area (Å²) in [6, 6.07) is 10.4. The van der Waals surface area contributed by atoms with Gasteiger partial charge in [0, 0.05) is 23.2 Å². The number of pyridine rings is 1. The number of amides is 1. The van der Waals surface area contributed by atoms with Gasteiger partial charge in [-0.2, -0.15) is 4.98 Å². The molecular formula is C19H17ClN6O2. The van der Waals surface area contributed by atoms with E-state index in [2.05, 4.69) is 32.6 Å². The van der Waals surface area contributed by atoms with Gasteiger partial charge in [-0.05, 0) is 42.8 Å². The van der Waals surface area contributed by atoms with Gasteiger partial charge in [0.05, 0.1) is 12.1 Å². The first-order valence-corrected chi connectivity index (χ1v) is 9.23. The van der Waals surface area contributed by atoms with Gasteiger partial charge in [0.1, 0.15) is 0 Å². The molecule has 8 nitrogen and oxygen atoms in total. The normalized spacial score (nSPS) is 11.1. The molecule has 0 fully saturated rings. The molecule has 3 aromatic heterocycles. The van der Waals surface area contributed by atoms with E-state index in [0.29, 0.717) is 39.3 Å². The molecule has 28 heavy (non-hydrogen) atoms. The zero-order valence-electron chi connectivity index (χ0n) is 15.1. The van der Waals surface area contributed by atoms with E-state index in [1.165, 1.54) is 0 Å². The molecule has 0 unspecified atom stereocenters. The molecule has 0 aliphatic rings. The largest absolute Gasteiger partial charge is 0.345 e. The molecule has 0 atom stereocenters. The predicted molar refractivity (Wildman–Crippen MR) is 103 cm³/mol. The van der Waals surface area contributed by atoms with Crippen molar-refractivity contribution in [1.29, 1.82) is 0 Å². The van der Waals surface area contributed by atoms with Gasteiger partial charge in [0.15, 0.2) is 17.3 Å². The molecule has 0 saturated carbocycles. The van der Waals surface area contributed by atoms with Crippen LogP contribution >= 0.6 is 11.6 Å². The Kier molecular flexibility index (Phi) is 5.03. The Hall–Kier alpha value is -3.26. The quantitative estimate of drug-likeness (QED) is 0.536. The number of benzene rings is 1. The third-order valence-electron chi connectivity index (χ3n) is 4.19. The molecule has 142 valence electrons. The number of hydrogen-bond acceptors (Lipinski definition) is 6. The van der Waals surface area contributed by atoms with Gasteiger partial charge in [-0.15, -0.1) is 10.2 Å². The van der Waals surface area contributed by atoms with Crippen LogP contribution in [0.25, 0.3) is 17.1 Å². The Balaban J connectivity index is 1.56. The summed E-state index contributed by atoms with van der Waals surface area (Å²) in [5, 5.41) is 15.8. The van der Waals surface area contributed by atoms with Gasteiger partial charge >= 0.3 is 0 Å². The van der Waals surface area contributed by atoms with Crippen LogP contribution in [0.3, 0.4) is 0 Å². The number of nitrogens with zero attached hydrogens (tertiary/aromatic N) is 5. The second kappa shape index (κ2) is 7.77. The van der Waals surface area contributed by atoms with E-state index in [9.17, 15) is 4.79 Å². The predicted octanol–water partition coefficient (Wildman–Crippen LogP) is 3.32. The minimum absolute atomic E-state index is 0.217. The van der Waals surface area contributed by atoms with Crippen molar-refractivity contribution in [2.75, 3.05) is 0 Å². The summed E-state index contributed by atoms with van der Waals surface area (Å²) in [6.45, 7) is 2.27. The van der Waals surface area contributed by atoms with E-state index in [0.717, 1.165) is 12.8 Å². The number of aromatic nitrogens is 5. The highest BCUT2D eigenvalue weighted by molar-refractivity contribution is 6.30. The minimum Gasteiger partial charge on any atom is -0.345 e. The van der Waals surface area contributed by atoms with Crippen molar-refractivity contribution in [2.24, 2.45) is 0 Å². The SMILES string of the molecule is CCCc1noc(-c2cccn3c(CNC(=O)c4ccc(Cl)cc4)nnc23)n1. The first-order valence-electron chi connectivity index (χ1n) is 8.85. The van der Waals surface area contributed by atoms with Crippen LogP contribution in [0.4, 0.5) is 0 Å². The second-order valence-electron chi connectivity index (χ2n) is 6.19. The van der Waals surface area contributed by atoms with Crippen LogP contribution in [0.5, 0.6) is 0 Å². The molecule has 3 heterocycles. The number of aryl methyl sites for hydroxylation is 1. The van der Waals surface area contributed by atoms with Gasteiger partial charge in [0.2, 0.25) is 0 Å². The summed E-state index contributed by atoms with van der Waals surface area (Å²) in [6.07, 6.45) is 3.51. The highest BCUT2D eigenvalue weighted by Gasteiger charge is 2.16. The lowest BCUT2D eigenvalue weighted by molar-refractivity contribution is 0.0950. The first-order chi connectivity index (χ1) is 13.7. The number of carbonyl (C=O) groups is 1. The van der Waals surface area contributed by atoms with E-state index in [-0.39, 0.29) is 12.5 Å². The lowest BCUT2D eigenvalue weighted by Gasteiger charge is -2.05. The van der Waals surface area contributed by atoms with Crippen LogP contribution in [-0.4, -0.2) is 30.6 Å². The Morgan fingerprint density at radius 1 is 1.21 bits per heavy atom. The van der Waals surface area contributed by atoms with Crippen LogP contribution in [-0.2, 0) is 13.0 Å². The maximum absolute atomic E-state index is 12.3. The number of halogens is 1. The number of fused-ring (bicyclic) bond motifs is 1. The fourth-order valence-corrected chi connectivity index (χ4v) is 2.93. The van der Waals surface area contributed by atoms with Crippen LogP contribution < -0.4 is 5.32 Å². The molecule has 1 aromatic carbocycles. The monoisotopic (exact) mass is 396 g/mol. The molecule has 1 amide bonds. The molecule has 0 aliphatic carbocycles. The third-order valence-corrected chi connectivity index (χ3v) is 4.44. The lowest BCUT2D eigenvalue weighted by Crippen LogP contribution is -2.23. The molecule has 0 saturated heterocycles. The van der Waals surface area contributed by atoms with Crippen LogP contribution in [0, 0.1) is 0 Å². The molecule has 1 N–H and O–H groups in total. The second-order valence-corrected chi connectivity index (χ2v) is 6.62. The van der Waals surface area contributed by atoms with Crippen molar-refractivity contribution in [3.05, 3.63) is 64.8 Å². The van der Waals surface area contributed by atoms with Crippen LogP contribution in [0.2, 0.25) is 5.02 Å². The van der Waals surface area contributed by atoms with Gasteiger partial charge in [-0.3, -0.25) is 9.20 Å². The van der Waals surface area contributed by atoms with Crippen LogP contribution in [0.1, 0.15) is 35.4 Å². The zero-order chi connectivity index (χ0) is 19.5. The van der Waals surface area contributed by atoms with E-state index in [1.54, 1.807) is 28.7 Å². The average molecular weight is 397 g/mol. The third kappa shape index (κ3) is 3.59. The molecule has 4 aromatic rings. The summed E-state index contributed by atoms with van der Waals surface area (Å²) >= 11 is 5.85. The summed E-state index contributed by atoms with van der Waals surface area (Å²) in [4.78, 5) is 16.7. The molecule has 4 rings (SSSR count). The Morgan fingerprint density at radius 2 is 2.04 bits per heavy atom. The molecule has 0 radical (unpaired) electrons. The molecule has 0 spiro atoms. The standard InChI is InChI=1S/C19H17ClN6O2/c1-2-4-15-22-19(28-25-15)14-5-3-10-26-16(23-24-17(14)26)11-21-18(27)12-6-8-13(20)9-7-12/h3,5-10H,2,4,11H2,1H3,(H,21,27). The number of hydrogen-bond donors (Lipinski definition) is 1. The fourth-order valence-electron chi connectivity index (χ4n) is 2.80. The number of rotatable bonds is 6. The topological polar surface area (TPSA) is 98.2 Å².